The maximum absolute atomic E-state index is 12.9. The molecule has 1 aliphatic rings. The Balaban J connectivity index is 2.82. The van der Waals surface area contributed by atoms with Gasteiger partial charge in [-0.15, -0.1) is 0 Å². The van der Waals surface area contributed by atoms with Gasteiger partial charge in [0.05, 0.1) is 6.61 Å². The molecule has 0 heterocycles. The minimum absolute atomic E-state index is 0.235. The van der Waals surface area contributed by atoms with Crippen molar-refractivity contribution in [2.45, 2.75) is 96.6 Å². The van der Waals surface area contributed by atoms with Crippen LogP contribution in [0.2, 0.25) is 25.7 Å². The van der Waals surface area contributed by atoms with E-state index in [-0.39, 0.29) is 19.1 Å². The Morgan fingerprint density at radius 1 is 1.13 bits per heavy atom. The zero-order valence-electron chi connectivity index (χ0n) is 20.3. The highest BCUT2D eigenvalue weighted by atomic mass is 28.3. The summed E-state index contributed by atoms with van der Waals surface area (Å²) in [7, 11) is -1.37. The quantitative estimate of drug-likeness (QED) is 0.504. The first-order valence-corrected chi connectivity index (χ1v) is 15.2. The van der Waals surface area contributed by atoms with Crippen LogP contribution in [0.4, 0.5) is 9.59 Å². The van der Waals surface area contributed by atoms with E-state index in [2.05, 4.69) is 25.0 Å². The van der Waals surface area contributed by atoms with E-state index in [9.17, 15) is 14.4 Å². The van der Waals surface area contributed by atoms with Crippen molar-refractivity contribution in [3.63, 3.8) is 0 Å². The minimum atomic E-state index is -1.37. The number of hydrogen-bond donors (Lipinski definition) is 2. The first-order valence-electron chi connectivity index (χ1n) is 11.5. The van der Waals surface area contributed by atoms with Crippen molar-refractivity contribution in [1.82, 2.24) is 10.2 Å². The number of nitrogens with one attached hydrogen (secondary N) is 1. The summed E-state index contributed by atoms with van der Waals surface area (Å²) in [5.41, 5.74) is 5.30. The van der Waals surface area contributed by atoms with E-state index >= 15 is 0 Å². The monoisotopic (exact) mass is 457 g/mol. The summed E-state index contributed by atoms with van der Waals surface area (Å²) in [5, 5.41) is 2.20. The molecular formula is C22H43N3O5Si. The lowest BCUT2D eigenvalue weighted by molar-refractivity contribution is -0.122. The molecule has 3 amide bonds. The molecule has 3 N–H and O–H groups in total. The van der Waals surface area contributed by atoms with Gasteiger partial charge in [-0.3, -0.25) is 15.0 Å². The molecule has 0 aliphatic heterocycles. The summed E-state index contributed by atoms with van der Waals surface area (Å²) in [6.07, 6.45) is 5.18. The summed E-state index contributed by atoms with van der Waals surface area (Å²) in [5.74, 6) is -0.132. The normalized spacial score (nSPS) is 16.4. The Bertz CT molecular complexity index is 595. The number of amides is 3. The highest BCUT2D eigenvalue weighted by molar-refractivity contribution is 6.76. The fraction of sp³-hybridized carbons (Fsp3) is 0.864. The lowest BCUT2D eigenvalue weighted by Crippen LogP contribution is -2.51. The van der Waals surface area contributed by atoms with Gasteiger partial charge in [0.25, 0.3) is 0 Å². The molecule has 0 radical (unpaired) electrons. The van der Waals surface area contributed by atoms with Crippen LogP contribution in [0.15, 0.2) is 0 Å². The smallest absolute Gasteiger partial charge is 0.414 e. The van der Waals surface area contributed by atoms with Crippen molar-refractivity contribution in [2.75, 3.05) is 19.7 Å². The second kappa shape index (κ2) is 12.4. The van der Waals surface area contributed by atoms with E-state index in [1.807, 2.05) is 0 Å². The van der Waals surface area contributed by atoms with E-state index in [1.54, 1.807) is 20.8 Å². The van der Waals surface area contributed by atoms with Crippen LogP contribution in [0, 0.1) is 5.92 Å². The molecule has 1 atom stereocenters. The fourth-order valence-electron chi connectivity index (χ4n) is 3.64. The Hall–Kier alpha value is -1.61. The molecule has 0 aromatic rings. The average molecular weight is 458 g/mol. The van der Waals surface area contributed by atoms with Gasteiger partial charge in [0.2, 0.25) is 5.91 Å². The molecular weight excluding hydrogens is 414 g/mol. The predicted molar refractivity (Wildman–Crippen MR) is 125 cm³/mol. The number of hydrogen-bond acceptors (Lipinski definition) is 6. The van der Waals surface area contributed by atoms with Crippen molar-refractivity contribution in [2.24, 2.45) is 11.7 Å². The fourth-order valence-corrected chi connectivity index (χ4v) is 4.35. The Labute approximate surface area is 188 Å². The number of ether oxygens (including phenoxy) is 2. The number of carbonyl (C=O) groups is 3. The van der Waals surface area contributed by atoms with E-state index in [0.717, 1.165) is 25.3 Å². The first kappa shape index (κ1) is 27.4. The molecule has 0 unspecified atom stereocenters. The maximum Gasteiger partial charge on any atom is 0.414 e. The maximum atomic E-state index is 12.9. The summed E-state index contributed by atoms with van der Waals surface area (Å²) in [4.78, 5) is 38.7. The van der Waals surface area contributed by atoms with Crippen molar-refractivity contribution < 1.29 is 23.9 Å². The average Bonchev–Trinajstić information content (AvgIpc) is 2.62. The third kappa shape index (κ3) is 12.1. The second-order valence-corrected chi connectivity index (χ2v) is 16.4. The highest BCUT2D eigenvalue weighted by Crippen LogP contribution is 2.28. The standard InChI is InChI=1S/C22H43N3O5Si/c1-22(2,3)30-20(27)24-19(26)16-25(21(28)29-12-13-31(4,5)6)18(15-23)14-17-10-8-7-9-11-17/h17-18H,7-16,23H2,1-6H3,(H,24,26,27)/t18-/m0/s1. The van der Waals surface area contributed by atoms with Gasteiger partial charge in [-0.05, 0) is 39.2 Å². The first-order chi connectivity index (χ1) is 14.3. The molecule has 9 heteroatoms. The van der Waals surface area contributed by atoms with Gasteiger partial charge in [0, 0.05) is 20.7 Å². The van der Waals surface area contributed by atoms with Gasteiger partial charge in [-0.2, -0.15) is 0 Å². The van der Waals surface area contributed by atoms with Crippen LogP contribution < -0.4 is 11.1 Å². The Morgan fingerprint density at radius 2 is 1.74 bits per heavy atom. The lowest BCUT2D eigenvalue weighted by atomic mass is 9.84. The molecule has 1 saturated carbocycles. The third-order valence-corrected chi connectivity index (χ3v) is 7.01. The van der Waals surface area contributed by atoms with Crippen LogP contribution in [0.3, 0.4) is 0 Å². The van der Waals surface area contributed by atoms with Crippen molar-refractivity contribution in [3.05, 3.63) is 0 Å². The van der Waals surface area contributed by atoms with Crippen LogP contribution >= 0.6 is 0 Å². The van der Waals surface area contributed by atoms with E-state index < -0.39 is 31.8 Å². The number of imide groups is 1. The number of nitrogens with two attached hydrogens (primary N) is 1. The molecule has 0 aromatic carbocycles. The van der Waals surface area contributed by atoms with Crippen molar-refractivity contribution >= 4 is 26.2 Å². The van der Waals surface area contributed by atoms with Crippen LogP contribution in [0.5, 0.6) is 0 Å². The molecule has 31 heavy (non-hydrogen) atoms. The third-order valence-electron chi connectivity index (χ3n) is 5.31. The molecule has 0 bridgehead atoms. The van der Waals surface area contributed by atoms with E-state index in [1.165, 1.54) is 24.2 Å². The molecule has 0 spiro atoms. The zero-order valence-corrected chi connectivity index (χ0v) is 21.3. The lowest BCUT2D eigenvalue weighted by Gasteiger charge is -2.33. The highest BCUT2D eigenvalue weighted by Gasteiger charge is 2.30. The van der Waals surface area contributed by atoms with Gasteiger partial charge in [0.15, 0.2) is 0 Å². The Kier molecular flexibility index (Phi) is 11.0. The molecule has 1 fully saturated rings. The summed E-state index contributed by atoms with van der Waals surface area (Å²) < 4.78 is 10.6. The zero-order chi connectivity index (χ0) is 23.7. The van der Waals surface area contributed by atoms with E-state index in [0.29, 0.717) is 12.5 Å². The SMILES string of the molecule is CC(C)(C)OC(=O)NC(=O)CN(C(=O)OCC[Si](C)(C)C)[C@H](CN)CC1CCCCC1. The summed E-state index contributed by atoms with van der Waals surface area (Å²) in [6, 6.07) is 0.527. The van der Waals surface area contributed by atoms with Crippen molar-refractivity contribution in [1.29, 1.82) is 0 Å². The van der Waals surface area contributed by atoms with Gasteiger partial charge in [-0.1, -0.05) is 51.7 Å². The minimum Gasteiger partial charge on any atom is -0.450 e. The molecule has 0 aromatic heterocycles. The number of carbonyl (C=O) groups excluding carboxylic acids is 3. The van der Waals surface area contributed by atoms with Gasteiger partial charge >= 0.3 is 12.2 Å². The molecule has 8 nitrogen and oxygen atoms in total. The van der Waals surface area contributed by atoms with Crippen LogP contribution in [-0.4, -0.2) is 62.4 Å². The number of nitrogens with zero attached hydrogens (tertiary/aromatic N) is 1. The number of rotatable bonds is 9. The van der Waals surface area contributed by atoms with Crippen molar-refractivity contribution in [3.8, 4) is 0 Å². The van der Waals surface area contributed by atoms with Gasteiger partial charge in [-0.25, -0.2) is 9.59 Å². The molecule has 1 rings (SSSR count). The van der Waals surface area contributed by atoms with E-state index in [4.69, 9.17) is 15.2 Å². The number of alkyl carbamates (subject to hydrolysis) is 1. The van der Waals surface area contributed by atoms with Gasteiger partial charge in [0.1, 0.15) is 12.1 Å². The molecule has 1 aliphatic carbocycles. The largest absolute Gasteiger partial charge is 0.450 e. The second-order valence-electron chi connectivity index (χ2n) is 10.7. The van der Waals surface area contributed by atoms with Crippen LogP contribution in [-0.2, 0) is 14.3 Å². The Morgan fingerprint density at radius 3 is 2.26 bits per heavy atom. The van der Waals surface area contributed by atoms with Gasteiger partial charge < -0.3 is 15.2 Å². The van der Waals surface area contributed by atoms with Crippen LogP contribution in [0.1, 0.15) is 59.3 Å². The molecule has 180 valence electrons. The topological polar surface area (TPSA) is 111 Å². The summed E-state index contributed by atoms with van der Waals surface area (Å²) in [6.45, 7) is 12.0. The van der Waals surface area contributed by atoms with Crippen LogP contribution in [0.25, 0.3) is 0 Å². The predicted octanol–water partition coefficient (Wildman–Crippen LogP) is 4.11. The summed E-state index contributed by atoms with van der Waals surface area (Å²) >= 11 is 0. The molecule has 0 saturated heterocycles.